The highest BCUT2D eigenvalue weighted by Crippen LogP contribution is 2.17. The molecule has 0 saturated carbocycles. The smallest absolute Gasteiger partial charge is 0.123 e. The molecule has 4 heteroatoms. The van der Waals surface area contributed by atoms with Crippen molar-refractivity contribution in [2.75, 3.05) is 13.2 Å². The molecule has 20 heavy (non-hydrogen) atoms. The van der Waals surface area contributed by atoms with Crippen LogP contribution in [0.15, 0.2) is 40.8 Å². The Morgan fingerprint density at radius 3 is 2.65 bits per heavy atom. The first kappa shape index (κ1) is 14.6. The monoisotopic (exact) mass is 275 g/mol. The van der Waals surface area contributed by atoms with E-state index in [1.807, 2.05) is 36.4 Å². The Morgan fingerprint density at radius 1 is 1.10 bits per heavy atom. The number of benzene rings is 1. The van der Waals surface area contributed by atoms with Gasteiger partial charge in [-0.2, -0.15) is 0 Å². The summed E-state index contributed by atoms with van der Waals surface area (Å²) in [6.45, 7) is 3.80. The largest absolute Gasteiger partial charge is 0.491 e. The summed E-state index contributed by atoms with van der Waals surface area (Å²) in [5, 5.41) is 12.2. The Morgan fingerprint density at radius 2 is 1.90 bits per heavy atom. The van der Waals surface area contributed by atoms with Crippen LogP contribution in [-0.4, -0.2) is 18.3 Å². The third-order valence-electron chi connectivity index (χ3n) is 3.00. The number of aliphatic hydroxyl groups excluding tert-OH is 1. The van der Waals surface area contributed by atoms with E-state index >= 15 is 0 Å². The molecule has 0 atom stereocenters. The van der Waals surface area contributed by atoms with E-state index in [0.717, 1.165) is 29.3 Å². The molecule has 2 N–H and O–H groups in total. The van der Waals surface area contributed by atoms with E-state index in [4.69, 9.17) is 14.3 Å². The molecule has 0 unspecified atom stereocenters. The van der Waals surface area contributed by atoms with Gasteiger partial charge in [0.15, 0.2) is 0 Å². The first-order chi connectivity index (χ1) is 9.83. The van der Waals surface area contributed by atoms with Gasteiger partial charge < -0.3 is 19.6 Å². The van der Waals surface area contributed by atoms with E-state index in [1.54, 1.807) is 0 Å². The fourth-order valence-corrected chi connectivity index (χ4v) is 1.97. The van der Waals surface area contributed by atoms with Crippen LogP contribution < -0.4 is 10.1 Å². The maximum atomic E-state index is 8.82. The summed E-state index contributed by atoms with van der Waals surface area (Å²) in [6.07, 6.45) is 0.915. The highest BCUT2D eigenvalue weighted by atomic mass is 16.5. The topological polar surface area (TPSA) is 54.6 Å². The minimum atomic E-state index is 0.0218. The molecule has 2 aromatic rings. The fourth-order valence-electron chi connectivity index (χ4n) is 1.97. The molecule has 4 nitrogen and oxygen atoms in total. The maximum absolute atomic E-state index is 8.82. The van der Waals surface area contributed by atoms with Crippen molar-refractivity contribution in [2.24, 2.45) is 0 Å². The molecule has 0 aliphatic heterocycles. The minimum Gasteiger partial charge on any atom is -0.491 e. The molecule has 0 amide bonds. The highest BCUT2D eigenvalue weighted by molar-refractivity contribution is 5.33. The van der Waals surface area contributed by atoms with Crippen molar-refractivity contribution in [3.63, 3.8) is 0 Å². The second-order valence-corrected chi connectivity index (χ2v) is 4.50. The molecule has 0 aliphatic rings. The molecule has 2 rings (SSSR count). The Balaban J connectivity index is 1.87. The normalized spacial score (nSPS) is 10.7. The van der Waals surface area contributed by atoms with Crippen molar-refractivity contribution < 1.29 is 14.3 Å². The molecule has 1 aromatic carbocycles. The quantitative estimate of drug-likeness (QED) is 0.777. The molecule has 0 radical (unpaired) electrons. The molecule has 0 fully saturated rings. The van der Waals surface area contributed by atoms with Crippen LogP contribution in [0.2, 0.25) is 0 Å². The molecule has 108 valence electrons. The van der Waals surface area contributed by atoms with Crippen LogP contribution in [0.1, 0.15) is 24.0 Å². The maximum Gasteiger partial charge on any atom is 0.123 e. The van der Waals surface area contributed by atoms with Crippen molar-refractivity contribution in [2.45, 2.75) is 26.4 Å². The van der Waals surface area contributed by atoms with Crippen molar-refractivity contribution in [1.29, 1.82) is 0 Å². The number of nitrogens with one attached hydrogen (secondary N) is 1. The van der Waals surface area contributed by atoms with E-state index in [2.05, 4.69) is 12.2 Å². The summed E-state index contributed by atoms with van der Waals surface area (Å²) < 4.78 is 11.1. The Labute approximate surface area is 119 Å². The third-order valence-corrected chi connectivity index (χ3v) is 3.00. The molecule has 0 bridgehead atoms. The van der Waals surface area contributed by atoms with Gasteiger partial charge in [0.05, 0.1) is 13.2 Å². The summed E-state index contributed by atoms with van der Waals surface area (Å²) >= 11 is 0. The zero-order chi connectivity index (χ0) is 14.2. The fraction of sp³-hybridized carbons (Fsp3) is 0.375. The van der Waals surface area contributed by atoms with E-state index in [-0.39, 0.29) is 6.61 Å². The summed E-state index contributed by atoms with van der Waals surface area (Å²) in [4.78, 5) is 0. The van der Waals surface area contributed by atoms with Gasteiger partial charge in [0.1, 0.15) is 23.9 Å². The van der Waals surface area contributed by atoms with E-state index < -0.39 is 0 Å². The number of ether oxygens (including phenoxy) is 1. The second kappa shape index (κ2) is 7.72. The van der Waals surface area contributed by atoms with Gasteiger partial charge in [0.2, 0.25) is 0 Å². The summed E-state index contributed by atoms with van der Waals surface area (Å²) in [7, 11) is 0. The lowest BCUT2D eigenvalue weighted by Gasteiger charge is -2.10. The summed E-state index contributed by atoms with van der Waals surface area (Å²) in [5.41, 5.74) is 1.07. The number of hydrogen-bond acceptors (Lipinski definition) is 4. The number of furan rings is 1. The molecule has 0 saturated heterocycles. The van der Waals surface area contributed by atoms with Gasteiger partial charge in [-0.3, -0.25) is 0 Å². The molecular weight excluding hydrogens is 254 g/mol. The van der Waals surface area contributed by atoms with Crippen LogP contribution in [0.3, 0.4) is 0 Å². The molecule has 1 heterocycles. The number of para-hydroxylation sites is 1. The Bertz CT molecular complexity index is 522. The first-order valence-electron chi connectivity index (χ1n) is 6.93. The second-order valence-electron chi connectivity index (χ2n) is 4.50. The average Bonchev–Trinajstić information content (AvgIpc) is 2.94. The van der Waals surface area contributed by atoms with Crippen LogP contribution in [0.4, 0.5) is 0 Å². The van der Waals surface area contributed by atoms with Gasteiger partial charge in [-0.05, 0) is 18.2 Å². The van der Waals surface area contributed by atoms with E-state index in [9.17, 15) is 0 Å². The van der Waals surface area contributed by atoms with Gasteiger partial charge in [0.25, 0.3) is 0 Å². The minimum absolute atomic E-state index is 0.0218. The number of aliphatic hydroxyl groups is 1. The van der Waals surface area contributed by atoms with Gasteiger partial charge in [-0.1, -0.05) is 25.1 Å². The predicted molar refractivity (Wildman–Crippen MR) is 77.7 cm³/mol. The number of aryl methyl sites for hydroxylation is 1. The Hall–Kier alpha value is -1.78. The van der Waals surface area contributed by atoms with Crippen molar-refractivity contribution in [3.8, 4) is 5.75 Å². The zero-order valence-corrected chi connectivity index (χ0v) is 11.8. The predicted octanol–water partition coefficient (Wildman–Crippen LogP) is 2.50. The van der Waals surface area contributed by atoms with Gasteiger partial charge in [0, 0.05) is 18.5 Å². The SMILES string of the molecule is CCc1ccc(CNCc2ccccc2OCCO)o1. The Kier molecular flexibility index (Phi) is 5.65. The lowest BCUT2D eigenvalue weighted by atomic mass is 10.2. The highest BCUT2D eigenvalue weighted by Gasteiger charge is 2.04. The molecular formula is C16H21NO3. The van der Waals surface area contributed by atoms with Crippen LogP contribution in [0, 0.1) is 0 Å². The van der Waals surface area contributed by atoms with Crippen LogP contribution in [0.5, 0.6) is 5.75 Å². The summed E-state index contributed by atoms with van der Waals surface area (Å²) in [6, 6.07) is 11.8. The van der Waals surface area contributed by atoms with Crippen molar-refractivity contribution >= 4 is 0 Å². The molecule has 1 aromatic heterocycles. The standard InChI is InChI=1S/C16H21NO3/c1-2-14-7-8-15(20-14)12-17-11-13-5-3-4-6-16(13)19-10-9-18/h3-8,17-18H,2,9-12H2,1H3. The molecule has 0 spiro atoms. The van der Waals surface area contributed by atoms with Crippen molar-refractivity contribution in [3.05, 3.63) is 53.5 Å². The van der Waals surface area contributed by atoms with Gasteiger partial charge >= 0.3 is 0 Å². The third kappa shape index (κ3) is 4.11. The van der Waals surface area contributed by atoms with Crippen LogP contribution in [0.25, 0.3) is 0 Å². The lowest BCUT2D eigenvalue weighted by molar-refractivity contribution is 0.200. The molecule has 0 aliphatic carbocycles. The summed E-state index contributed by atoms with van der Waals surface area (Å²) in [5.74, 6) is 2.76. The lowest BCUT2D eigenvalue weighted by Crippen LogP contribution is -2.13. The van der Waals surface area contributed by atoms with E-state index in [1.165, 1.54) is 0 Å². The number of rotatable bonds is 8. The van der Waals surface area contributed by atoms with Crippen LogP contribution >= 0.6 is 0 Å². The first-order valence-corrected chi connectivity index (χ1v) is 6.93. The van der Waals surface area contributed by atoms with E-state index in [0.29, 0.717) is 19.7 Å². The van der Waals surface area contributed by atoms with Crippen LogP contribution in [-0.2, 0) is 19.5 Å². The van der Waals surface area contributed by atoms with Crippen molar-refractivity contribution in [1.82, 2.24) is 5.32 Å². The van der Waals surface area contributed by atoms with Gasteiger partial charge in [-0.15, -0.1) is 0 Å². The average molecular weight is 275 g/mol. The van der Waals surface area contributed by atoms with Gasteiger partial charge in [-0.25, -0.2) is 0 Å². The zero-order valence-electron chi connectivity index (χ0n) is 11.8. The number of hydrogen-bond donors (Lipinski definition) is 2.